The summed E-state index contributed by atoms with van der Waals surface area (Å²) in [7, 11) is 0. The Bertz CT molecular complexity index is 855. The van der Waals surface area contributed by atoms with Crippen LogP contribution in [0.4, 0.5) is 8.78 Å². The first-order valence-corrected chi connectivity index (χ1v) is 8.37. The van der Waals surface area contributed by atoms with Crippen molar-refractivity contribution < 1.29 is 18.3 Å². The molecule has 1 aliphatic heterocycles. The molecular weight excluding hydrogens is 338 g/mol. The van der Waals surface area contributed by atoms with E-state index in [1.165, 1.54) is 18.2 Å². The van der Waals surface area contributed by atoms with Gasteiger partial charge in [-0.25, -0.2) is 8.78 Å². The van der Waals surface area contributed by atoms with Gasteiger partial charge < -0.3 is 10.1 Å². The van der Waals surface area contributed by atoms with Gasteiger partial charge in [-0.3, -0.25) is 4.79 Å². The molecule has 1 aliphatic rings. The zero-order valence-electron chi connectivity index (χ0n) is 14.1. The molecule has 26 heavy (non-hydrogen) atoms. The van der Waals surface area contributed by atoms with Gasteiger partial charge in [0.05, 0.1) is 24.3 Å². The van der Waals surface area contributed by atoms with Crippen LogP contribution in [0.5, 0.6) is 0 Å². The third-order valence-electron chi connectivity index (χ3n) is 4.25. The summed E-state index contributed by atoms with van der Waals surface area (Å²) in [6.45, 7) is 1.97. The Hall–Kier alpha value is -2.62. The van der Waals surface area contributed by atoms with Gasteiger partial charge in [-0.15, -0.1) is 0 Å². The van der Waals surface area contributed by atoms with Crippen LogP contribution in [-0.2, 0) is 22.4 Å². The second-order valence-electron chi connectivity index (χ2n) is 6.27. The van der Waals surface area contributed by atoms with Gasteiger partial charge in [0.25, 0.3) is 0 Å². The van der Waals surface area contributed by atoms with Gasteiger partial charge in [0.15, 0.2) is 0 Å². The molecule has 3 rings (SSSR count). The number of halogens is 2. The molecule has 0 aliphatic carbocycles. The minimum Gasteiger partial charge on any atom is -0.371 e. The number of ketones is 1. The van der Waals surface area contributed by atoms with E-state index in [1.54, 1.807) is 12.1 Å². The van der Waals surface area contributed by atoms with Gasteiger partial charge in [0, 0.05) is 25.9 Å². The second-order valence-corrected chi connectivity index (χ2v) is 6.27. The number of morpholine rings is 1. The molecule has 1 saturated heterocycles. The van der Waals surface area contributed by atoms with Crippen LogP contribution < -0.4 is 5.32 Å². The summed E-state index contributed by atoms with van der Waals surface area (Å²) in [5.74, 6) is -1.27. The molecule has 0 amide bonds. The van der Waals surface area contributed by atoms with E-state index in [2.05, 4.69) is 5.32 Å². The van der Waals surface area contributed by atoms with Crippen molar-refractivity contribution in [2.24, 2.45) is 0 Å². The minimum atomic E-state index is -0.566. The molecule has 1 heterocycles. The molecule has 1 N–H and O–H groups in total. The van der Waals surface area contributed by atoms with E-state index in [0.717, 1.165) is 18.2 Å². The molecule has 0 aromatic heterocycles. The maximum Gasteiger partial charge on any atom is 0.141 e. The molecule has 134 valence electrons. The second kappa shape index (κ2) is 8.17. The van der Waals surface area contributed by atoms with Crippen LogP contribution in [0.3, 0.4) is 0 Å². The van der Waals surface area contributed by atoms with Gasteiger partial charge in [0.1, 0.15) is 17.4 Å². The molecule has 0 bridgehead atoms. The fourth-order valence-electron chi connectivity index (χ4n) is 3.01. The third-order valence-corrected chi connectivity index (χ3v) is 4.25. The van der Waals surface area contributed by atoms with Crippen molar-refractivity contribution in [3.63, 3.8) is 0 Å². The molecule has 1 atom stereocenters. The zero-order chi connectivity index (χ0) is 18.5. The Labute approximate surface area is 150 Å². The molecule has 0 radical (unpaired) electrons. The van der Waals surface area contributed by atoms with Crippen molar-refractivity contribution in [3.05, 3.63) is 70.3 Å². The smallest absolute Gasteiger partial charge is 0.141 e. The number of Topliss-reactive ketones (excluding diaryl/α,β-unsaturated/α-hetero) is 1. The van der Waals surface area contributed by atoms with Crippen molar-refractivity contribution in [1.82, 2.24) is 5.32 Å². The number of ether oxygens (including phenoxy) is 1. The minimum absolute atomic E-state index is 0.0523. The Morgan fingerprint density at radius 2 is 2.08 bits per heavy atom. The van der Waals surface area contributed by atoms with E-state index in [0.29, 0.717) is 24.3 Å². The standard InChI is InChI=1S/C20H18F2N2O2/c21-17-6-13(5-14(7-17)11-23)8-18(25)9-15-1-2-16(10-19(15)22)20-12-24-3-4-26-20/h1-2,5-7,10,20,24H,3-4,8-9,12H2/t20-/m0/s1. The highest BCUT2D eigenvalue weighted by molar-refractivity contribution is 5.83. The quantitative estimate of drug-likeness (QED) is 0.895. The average Bonchev–Trinajstić information content (AvgIpc) is 2.63. The molecule has 0 spiro atoms. The molecule has 0 unspecified atom stereocenters. The normalized spacial score (nSPS) is 16.9. The van der Waals surface area contributed by atoms with Crippen molar-refractivity contribution in [2.75, 3.05) is 19.7 Å². The Morgan fingerprint density at radius 1 is 1.23 bits per heavy atom. The van der Waals surface area contributed by atoms with Crippen LogP contribution >= 0.6 is 0 Å². The van der Waals surface area contributed by atoms with Crippen LogP contribution in [0, 0.1) is 23.0 Å². The van der Waals surface area contributed by atoms with E-state index in [1.807, 2.05) is 6.07 Å². The lowest BCUT2D eigenvalue weighted by Crippen LogP contribution is -2.33. The van der Waals surface area contributed by atoms with Crippen molar-refractivity contribution in [3.8, 4) is 6.07 Å². The van der Waals surface area contributed by atoms with Gasteiger partial charge >= 0.3 is 0 Å². The lowest BCUT2D eigenvalue weighted by molar-refractivity contribution is -0.117. The number of benzene rings is 2. The van der Waals surface area contributed by atoms with Crippen molar-refractivity contribution >= 4 is 5.78 Å². The highest BCUT2D eigenvalue weighted by Crippen LogP contribution is 2.22. The monoisotopic (exact) mass is 356 g/mol. The zero-order valence-corrected chi connectivity index (χ0v) is 14.1. The lowest BCUT2D eigenvalue weighted by Gasteiger charge is -2.24. The van der Waals surface area contributed by atoms with Crippen LogP contribution in [0.1, 0.15) is 28.4 Å². The molecule has 2 aromatic rings. The Morgan fingerprint density at radius 3 is 2.77 bits per heavy atom. The molecule has 0 saturated carbocycles. The molecular formula is C20H18F2N2O2. The maximum atomic E-state index is 14.4. The fourth-order valence-corrected chi connectivity index (χ4v) is 3.01. The summed E-state index contributed by atoms with van der Waals surface area (Å²) in [5.41, 5.74) is 1.59. The van der Waals surface area contributed by atoms with Crippen LogP contribution in [0.15, 0.2) is 36.4 Å². The number of nitrogens with one attached hydrogen (secondary N) is 1. The first-order chi connectivity index (χ1) is 12.5. The number of nitriles is 1. The van der Waals surface area contributed by atoms with E-state index >= 15 is 0 Å². The van der Waals surface area contributed by atoms with Gasteiger partial charge in [0.2, 0.25) is 0 Å². The fraction of sp³-hybridized carbons (Fsp3) is 0.300. The predicted octanol–water partition coefficient (Wildman–Crippen LogP) is 2.85. The molecule has 1 fully saturated rings. The van der Waals surface area contributed by atoms with Gasteiger partial charge in [-0.2, -0.15) is 5.26 Å². The van der Waals surface area contributed by atoms with Crippen LogP contribution in [0.2, 0.25) is 0 Å². The number of nitrogens with zero attached hydrogens (tertiary/aromatic N) is 1. The molecule has 2 aromatic carbocycles. The Kier molecular flexibility index (Phi) is 5.71. The van der Waals surface area contributed by atoms with Crippen LogP contribution in [-0.4, -0.2) is 25.5 Å². The number of hydrogen-bond acceptors (Lipinski definition) is 4. The SMILES string of the molecule is N#Cc1cc(F)cc(CC(=O)Cc2ccc([C@@H]3CNCCO3)cc2F)c1. The summed E-state index contributed by atoms with van der Waals surface area (Å²) in [5, 5.41) is 12.0. The van der Waals surface area contributed by atoms with E-state index in [-0.39, 0.29) is 30.3 Å². The number of rotatable bonds is 5. The highest BCUT2D eigenvalue weighted by atomic mass is 19.1. The van der Waals surface area contributed by atoms with E-state index < -0.39 is 11.6 Å². The highest BCUT2D eigenvalue weighted by Gasteiger charge is 2.18. The third kappa shape index (κ3) is 4.51. The predicted molar refractivity (Wildman–Crippen MR) is 91.5 cm³/mol. The Balaban J connectivity index is 1.67. The summed E-state index contributed by atoms with van der Waals surface area (Å²) < 4.78 is 33.4. The summed E-state index contributed by atoms with van der Waals surface area (Å²) >= 11 is 0. The summed E-state index contributed by atoms with van der Waals surface area (Å²) in [4.78, 5) is 12.2. The van der Waals surface area contributed by atoms with E-state index in [9.17, 15) is 13.6 Å². The largest absolute Gasteiger partial charge is 0.371 e. The van der Waals surface area contributed by atoms with E-state index in [4.69, 9.17) is 10.00 Å². The van der Waals surface area contributed by atoms with Crippen molar-refractivity contribution in [2.45, 2.75) is 18.9 Å². The number of carbonyl (C=O) groups excluding carboxylic acids is 1. The average molecular weight is 356 g/mol. The van der Waals surface area contributed by atoms with Gasteiger partial charge in [-0.1, -0.05) is 12.1 Å². The maximum absolute atomic E-state index is 14.4. The molecule has 4 nitrogen and oxygen atoms in total. The first kappa shape index (κ1) is 18.2. The lowest BCUT2D eigenvalue weighted by atomic mass is 9.99. The summed E-state index contributed by atoms with van der Waals surface area (Å²) in [6.07, 6.45) is -0.336. The molecule has 6 heteroatoms. The number of carbonyl (C=O) groups is 1. The van der Waals surface area contributed by atoms with Gasteiger partial charge in [-0.05, 0) is 41.0 Å². The van der Waals surface area contributed by atoms with Crippen LogP contribution in [0.25, 0.3) is 0 Å². The van der Waals surface area contributed by atoms with Crippen molar-refractivity contribution in [1.29, 1.82) is 5.26 Å². The topological polar surface area (TPSA) is 62.1 Å². The first-order valence-electron chi connectivity index (χ1n) is 8.37. The number of hydrogen-bond donors (Lipinski definition) is 1. The summed E-state index contributed by atoms with van der Waals surface area (Å²) in [6, 6.07) is 10.4.